The van der Waals surface area contributed by atoms with Crippen LogP contribution in [0.4, 0.5) is 0 Å². The van der Waals surface area contributed by atoms with E-state index in [1.54, 1.807) is 16.8 Å². The maximum Gasteiger partial charge on any atom is 0.191 e. The molecule has 1 heterocycles. The van der Waals surface area contributed by atoms with E-state index in [4.69, 9.17) is 11.6 Å². The number of hydrogen-bond acceptors (Lipinski definition) is 3. The minimum atomic E-state index is 0.288. The van der Waals surface area contributed by atoms with E-state index in [1.807, 2.05) is 42.5 Å². The lowest BCUT2D eigenvalue weighted by Gasteiger charge is -2.06. The van der Waals surface area contributed by atoms with Crippen molar-refractivity contribution in [1.29, 1.82) is 5.26 Å². The molecule has 5 heteroatoms. The molecular weight excluding hydrogens is 272 g/mol. The molecule has 0 atom stereocenters. The Kier molecular flexibility index (Phi) is 3.20. The Morgan fingerprint density at radius 2 is 1.85 bits per heavy atom. The first-order valence-electron chi connectivity index (χ1n) is 5.97. The van der Waals surface area contributed by atoms with Gasteiger partial charge in [0.2, 0.25) is 0 Å². The summed E-state index contributed by atoms with van der Waals surface area (Å²) in [5.74, 6) is 0. The molecule has 0 bridgehead atoms. The summed E-state index contributed by atoms with van der Waals surface area (Å²) in [5.41, 5.74) is 2.60. The molecular formula is C15H9ClN4. The van der Waals surface area contributed by atoms with Crippen LogP contribution in [0.1, 0.15) is 5.69 Å². The van der Waals surface area contributed by atoms with Gasteiger partial charge >= 0.3 is 0 Å². The SMILES string of the molecule is N#Cc1nnn(-c2cccc(Cl)c2)c1-c1ccccc1. The number of benzene rings is 2. The molecule has 0 aliphatic carbocycles. The monoisotopic (exact) mass is 280 g/mol. The van der Waals surface area contributed by atoms with Gasteiger partial charge in [-0.1, -0.05) is 53.2 Å². The Balaban J connectivity index is 2.24. The molecule has 0 aliphatic rings. The third-order valence-corrected chi connectivity index (χ3v) is 3.11. The molecule has 0 radical (unpaired) electrons. The number of rotatable bonds is 2. The summed E-state index contributed by atoms with van der Waals surface area (Å²) in [6.45, 7) is 0. The second kappa shape index (κ2) is 5.16. The lowest BCUT2D eigenvalue weighted by atomic mass is 10.1. The Labute approximate surface area is 120 Å². The first-order valence-corrected chi connectivity index (χ1v) is 6.34. The summed E-state index contributed by atoms with van der Waals surface area (Å²) in [7, 11) is 0. The number of halogens is 1. The van der Waals surface area contributed by atoms with Crippen molar-refractivity contribution in [3.8, 4) is 23.0 Å². The molecule has 4 nitrogen and oxygen atoms in total. The lowest BCUT2D eigenvalue weighted by molar-refractivity contribution is 0.807. The Bertz CT molecular complexity index is 787. The Morgan fingerprint density at radius 3 is 2.55 bits per heavy atom. The minimum Gasteiger partial charge on any atom is -0.211 e. The van der Waals surface area contributed by atoms with Crippen LogP contribution >= 0.6 is 11.6 Å². The second-order valence-electron chi connectivity index (χ2n) is 4.16. The molecule has 20 heavy (non-hydrogen) atoms. The van der Waals surface area contributed by atoms with E-state index in [-0.39, 0.29) is 5.69 Å². The Hall–Kier alpha value is -2.64. The first kappa shape index (κ1) is 12.4. The van der Waals surface area contributed by atoms with Gasteiger partial charge in [0.25, 0.3) is 0 Å². The van der Waals surface area contributed by atoms with Gasteiger partial charge in [-0.2, -0.15) is 5.26 Å². The van der Waals surface area contributed by atoms with Crippen LogP contribution in [0.3, 0.4) is 0 Å². The standard InChI is InChI=1S/C15H9ClN4/c16-12-7-4-8-13(9-12)20-15(14(10-17)18-19-20)11-5-2-1-3-6-11/h1-9H. The van der Waals surface area contributed by atoms with Crippen molar-refractivity contribution in [1.82, 2.24) is 15.0 Å². The van der Waals surface area contributed by atoms with Crippen LogP contribution in [-0.2, 0) is 0 Å². The van der Waals surface area contributed by atoms with Crippen LogP contribution in [0, 0.1) is 11.3 Å². The van der Waals surface area contributed by atoms with Crippen LogP contribution in [-0.4, -0.2) is 15.0 Å². The van der Waals surface area contributed by atoms with Gasteiger partial charge in [0.15, 0.2) is 5.69 Å². The van der Waals surface area contributed by atoms with Gasteiger partial charge in [-0.05, 0) is 18.2 Å². The highest BCUT2D eigenvalue weighted by molar-refractivity contribution is 6.30. The predicted molar refractivity (Wildman–Crippen MR) is 76.5 cm³/mol. The van der Waals surface area contributed by atoms with Crippen molar-refractivity contribution in [2.45, 2.75) is 0 Å². The third kappa shape index (κ3) is 2.15. The normalized spacial score (nSPS) is 10.2. The molecule has 0 N–H and O–H groups in total. The van der Waals surface area contributed by atoms with E-state index >= 15 is 0 Å². The molecule has 0 fully saturated rings. The van der Waals surface area contributed by atoms with Crippen LogP contribution < -0.4 is 0 Å². The van der Waals surface area contributed by atoms with E-state index < -0.39 is 0 Å². The highest BCUT2D eigenvalue weighted by Gasteiger charge is 2.15. The summed E-state index contributed by atoms with van der Waals surface area (Å²) < 4.78 is 1.62. The molecule has 0 amide bonds. The van der Waals surface area contributed by atoms with Crippen LogP contribution in [0.15, 0.2) is 54.6 Å². The lowest BCUT2D eigenvalue weighted by Crippen LogP contribution is -1.99. The number of nitrogens with zero attached hydrogens (tertiary/aromatic N) is 4. The highest BCUT2D eigenvalue weighted by atomic mass is 35.5. The molecule has 0 aliphatic heterocycles. The molecule has 96 valence electrons. The zero-order chi connectivity index (χ0) is 13.9. The zero-order valence-corrected chi connectivity index (χ0v) is 11.1. The molecule has 1 aromatic heterocycles. The van der Waals surface area contributed by atoms with Crippen molar-refractivity contribution >= 4 is 11.6 Å². The fourth-order valence-corrected chi connectivity index (χ4v) is 2.19. The van der Waals surface area contributed by atoms with Crippen molar-refractivity contribution in [2.24, 2.45) is 0 Å². The summed E-state index contributed by atoms with van der Waals surface area (Å²) in [6, 6.07) is 18.9. The molecule has 0 saturated carbocycles. The first-order chi connectivity index (χ1) is 9.79. The van der Waals surface area contributed by atoms with Crippen molar-refractivity contribution in [3.63, 3.8) is 0 Å². The van der Waals surface area contributed by atoms with Gasteiger partial charge in [0.05, 0.1) is 5.69 Å². The predicted octanol–water partition coefficient (Wildman–Crippen LogP) is 3.46. The maximum atomic E-state index is 9.20. The van der Waals surface area contributed by atoms with E-state index in [0.717, 1.165) is 11.3 Å². The summed E-state index contributed by atoms with van der Waals surface area (Å²) in [6.07, 6.45) is 0. The third-order valence-electron chi connectivity index (χ3n) is 2.88. The van der Waals surface area contributed by atoms with Gasteiger partial charge in [0.1, 0.15) is 11.8 Å². The number of nitriles is 1. The molecule has 0 saturated heterocycles. The highest BCUT2D eigenvalue weighted by Crippen LogP contribution is 2.25. The van der Waals surface area contributed by atoms with Crippen LogP contribution in [0.25, 0.3) is 16.9 Å². The van der Waals surface area contributed by atoms with Gasteiger partial charge in [0, 0.05) is 10.6 Å². The number of hydrogen-bond donors (Lipinski definition) is 0. The van der Waals surface area contributed by atoms with E-state index in [2.05, 4.69) is 16.4 Å². The molecule has 2 aromatic carbocycles. The summed E-state index contributed by atoms with van der Waals surface area (Å²) in [4.78, 5) is 0. The summed E-state index contributed by atoms with van der Waals surface area (Å²) in [5, 5.41) is 17.8. The second-order valence-corrected chi connectivity index (χ2v) is 4.59. The zero-order valence-electron chi connectivity index (χ0n) is 10.4. The number of aromatic nitrogens is 3. The van der Waals surface area contributed by atoms with Gasteiger partial charge in [-0.15, -0.1) is 5.10 Å². The average Bonchev–Trinajstić information content (AvgIpc) is 2.92. The molecule has 3 aromatic rings. The van der Waals surface area contributed by atoms with Gasteiger partial charge in [-0.25, -0.2) is 4.68 Å². The molecule has 0 spiro atoms. The fraction of sp³-hybridized carbons (Fsp3) is 0. The molecule has 0 unspecified atom stereocenters. The van der Waals surface area contributed by atoms with E-state index in [0.29, 0.717) is 10.7 Å². The maximum absolute atomic E-state index is 9.20. The van der Waals surface area contributed by atoms with Gasteiger partial charge < -0.3 is 0 Å². The van der Waals surface area contributed by atoms with Crippen molar-refractivity contribution in [2.75, 3.05) is 0 Å². The Morgan fingerprint density at radius 1 is 1.05 bits per heavy atom. The molecule has 3 rings (SSSR count). The van der Waals surface area contributed by atoms with Crippen LogP contribution in [0.5, 0.6) is 0 Å². The fourth-order valence-electron chi connectivity index (χ4n) is 2.00. The van der Waals surface area contributed by atoms with Crippen molar-refractivity contribution < 1.29 is 0 Å². The average molecular weight is 281 g/mol. The van der Waals surface area contributed by atoms with Gasteiger partial charge in [-0.3, -0.25) is 0 Å². The van der Waals surface area contributed by atoms with E-state index in [1.165, 1.54) is 0 Å². The smallest absolute Gasteiger partial charge is 0.191 e. The largest absolute Gasteiger partial charge is 0.211 e. The van der Waals surface area contributed by atoms with E-state index in [9.17, 15) is 5.26 Å². The summed E-state index contributed by atoms with van der Waals surface area (Å²) >= 11 is 6.01. The van der Waals surface area contributed by atoms with Crippen molar-refractivity contribution in [3.05, 3.63) is 65.3 Å². The quantitative estimate of drug-likeness (QED) is 0.722. The van der Waals surface area contributed by atoms with Crippen LogP contribution in [0.2, 0.25) is 5.02 Å². The topological polar surface area (TPSA) is 54.5 Å². The minimum absolute atomic E-state index is 0.288.